The average molecular weight is 343 g/mol. The largest absolute Gasteiger partial charge is 0.458 e. The Morgan fingerprint density at radius 1 is 1.39 bits per heavy atom. The van der Waals surface area contributed by atoms with Gasteiger partial charge in [0.25, 0.3) is 0 Å². The maximum atomic E-state index is 11.8. The number of hydrogen-bond acceptors (Lipinski definition) is 5. The summed E-state index contributed by atoms with van der Waals surface area (Å²) in [6.07, 6.45) is 2.75. The van der Waals surface area contributed by atoms with Crippen LogP contribution in [-0.2, 0) is 23.5 Å². The third kappa shape index (κ3) is 5.46. The van der Waals surface area contributed by atoms with Crippen molar-refractivity contribution in [3.63, 3.8) is 0 Å². The van der Waals surface area contributed by atoms with Crippen molar-refractivity contribution in [3.8, 4) is 0 Å². The first-order chi connectivity index (χ1) is 10.5. The lowest BCUT2D eigenvalue weighted by Crippen LogP contribution is -2.45. The second kappa shape index (κ2) is 7.62. The van der Waals surface area contributed by atoms with Gasteiger partial charge in [-0.15, -0.1) is 0 Å². The molecule has 0 aromatic carbocycles. The van der Waals surface area contributed by atoms with E-state index in [1.165, 1.54) is 13.0 Å². The molecule has 0 saturated carbocycles. The first-order valence-corrected chi connectivity index (χ1v) is 11.2. The maximum absolute atomic E-state index is 11.8. The highest BCUT2D eigenvalue weighted by molar-refractivity contribution is 6.74. The lowest BCUT2D eigenvalue weighted by molar-refractivity contribution is -0.152. The first kappa shape index (κ1) is 19.9. The number of ether oxygens (including phenoxy) is 2. The predicted octanol–water partition coefficient (Wildman–Crippen LogP) is 3.94. The van der Waals surface area contributed by atoms with Gasteiger partial charge in [-0.3, -0.25) is 4.79 Å². The van der Waals surface area contributed by atoms with Crippen LogP contribution in [0.4, 0.5) is 0 Å². The summed E-state index contributed by atoms with van der Waals surface area (Å²) in [5, 5.41) is -0.00649. The van der Waals surface area contributed by atoms with Gasteiger partial charge in [0.1, 0.15) is 6.10 Å². The highest BCUT2D eigenvalue weighted by Gasteiger charge is 2.44. The monoisotopic (exact) mass is 342 g/mol. The lowest BCUT2D eigenvalue weighted by atomic mass is 10.0. The van der Waals surface area contributed by atoms with Crippen molar-refractivity contribution in [2.24, 2.45) is 0 Å². The van der Waals surface area contributed by atoms with Crippen LogP contribution < -0.4 is 0 Å². The smallest absolute Gasteiger partial charge is 0.333 e. The highest BCUT2D eigenvalue weighted by atomic mass is 28.4. The van der Waals surface area contributed by atoms with Gasteiger partial charge in [0.15, 0.2) is 8.32 Å². The summed E-state index contributed by atoms with van der Waals surface area (Å²) in [5.41, 5.74) is 0.628. The van der Waals surface area contributed by atoms with Gasteiger partial charge in [0, 0.05) is 18.6 Å². The SMILES string of the molecule is CCCCC(OC(C)=O)C1=CC(=O)OC1O[Si](C)(C)C(C)(C)C. The van der Waals surface area contributed by atoms with E-state index in [1.807, 2.05) is 0 Å². The second-order valence-electron chi connectivity index (χ2n) is 7.53. The molecule has 1 aliphatic rings. The summed E-state index contributed by atoms with van der Waals surface area (Å²) in [4.78, 5) is 23.2. The number of unbranched alkanes of at least 4 members (excludes halogenated alkanes) is 1. The van der Waals surface area contributed by atoms with E-state index in [0.29, 0.717) is 12.0 Å². The van der Waals surface area contributed by atoms with Crippen molar-refractivity contribution in [2.75, 3.05) is 0 Å². The molecule has 2 unspecified atom stereocenters. The molecule has 2 atom stereocenters. The third-order valence-electron chi connectivity index (χ3n) is 4.49. The van der Waals surface area contributed by atoms with E-state index in [0.717, 1.165) is 12.8 Å². The molecular formula is C17H30O5Si. The maximum Gasteiger partial charge on any atom is 0.333 e. The molecule has 6 heteroatoms. The standard InChI is InChI=1S/C17H30O5Si/c1-8-9-10-14(20-12(2)18)13-11-15(19)21-16(13)22-23(6,7)17(3,4)5/h11,14,16H,8-10H2,1-7H3. The van der Waals surface area contributed by atoms with Gasteiger partial charge >= 0.3 is 11.9 Å². The van der Waals surface area contributed by atoms with Crippen molar-refractivity contribution in [1.82, 2.24) is 0 Å². The van der Waals surface area contributed by atoms with Gasteiger partial charge in [-0.1, -0.05) is 34.1 Å². The molecule has 0 aromatic rings. The van der Waals surface area contributed by atoms with Crippen molar-refractivity contribution >= 4 is 20.3 Å². The normalized spacial score (nSPS) is 20.0. The molecule has 0 N–H and O–H groups in total. The van der Waals surface area contributed by atoms with E-state index in [1.54, 1.807) is 0 Å². The van der Waals surface area contributed by atoms with Crippen LogP contribution >= 0.6 is 0 Å². The van der Waals surface area contributed by atoms with E-state index in [2.05, 4.69) is 40.8 Å². The first-order valence-electron chi connectivity index (χ1n) is 8.25. The van der Waals surface area contributed by atoms with Gasteiger partial charge in [0.2, 0.25) is 6.29 Å². The van der Waals surface area contributed by atoms with Crippen LogP contribution in [0.3, 0.4) is 0 Å². The Bertz CT molecular complexity index is 476. The lowest BCUT2D eigenvalue weighted by Gasteiger charge is -2.38. The minimum absolute atomic E-state index is 0.00649. The number of carbonyl (C=O) groups is 2. The summed E-state index contributed by atoms with van der Waals surface area (Å²) < 4.78 is 17.0. The molecule has 5 nitrogen and oxygen atoms in total. The molecule has 132 valence electrons. The van der Waals surface area contributed by atoms with Crippen molar-refractivity contribution in [3.05, 3.63) is 11.6 Å². The summed E-state index contributed by atoms with van der Waals surface area (Å²) in [6, 6.07) is 0. The quantitative estimate of drug-likeness (QED) is 0.518. The number of carbonyl (C=O) groups excluding carboxylic acids is 2. The average Bonchev–Trinajstić information content (AvgIpc) is 2.72. The Balaban J connectivity index is 2.97. The molecule has 0 amide bonds. The van der Waals surface area contributed by atoms with Crippen LogP contribution in [-0.4, -0.2) is 32.6 Å². The van der Waals surface area contributed by atoms with Crippen LogP contribution in [0.2, 0.25) is 18.1 Å². The summed E-state index contributed by atoms with van der Waals surface area (Å²) in [5.74, 6) is -0.796. The minimum atomic E-state index is -2.12. The van der Waals surface area contributed by atoms with Gasteiger partial charge < -0.3 is 13.9 Å². The predicted molar refractivity (Wildman–Crippen MR) is 91.3 cm³/mol. The summed E-state index contributed by atoms with van der Waals surface area (Å²) in [6.45, 7) is 14.0. The zero-order chi connectivity index (χ0) is 17.8. The highest BCUT2D eigenvalue weighted by Crippen LogP contribution is 2.39. The Labute approximate surface area is 140 Å². The topological polar surface area (TPSA) is 61.8 Å². The molecular weight excluding hydrogens is 312 g/mol. The van der Waals surface area contributed by atoms with Gasteiger partial charge in [-0.2, -0.15) is 0 Å². The molecule has 23 heavy (non-hydrogen) atoms. The fourth-order valence-electron chi connectivity index (χ4n) is 2.08. The Hall–Kier alpha value is -1.14. The fraction of sp³-hybridized carbons (Fsp3) is 0.765. The molecule has 1 rings (SSSR count). The zero-order valence-corrected chi connectivity index (χ0v) is 16.4. The molecule has 0 spiro atoms. The van der Waals surface area contributed by atoms with Gasteiger partial charge in [0.05, 0.1) is 0 Å². The van der Waals surface area contributed by atoms with Crippen LogP contribution in [0.5, 0.6) is 0 Å². The van der Waals surface area contributed by atoms with E-state index in [9.17, 15) is 9.59 Å². The van der Waals surface area contributed by atoms with Crippen LogP contribution in [0.25, 0.3) is 0 Å². The van der Waals surface area contributed by atoms with Crippen molar-refractivity contribution in [2.45, 2.75) is 84.4 Å². The molecule has 1 heterocycles. The van der Waals surface area contributed by atoms with Crippen LogP contribution in [0, 0.1) is 0 Å². The Morgan fingerprint density at radius 3 is 2.48 bits per heavy atom. The number of rotatable bonds is 7. The van der Waals surface area contributed by atoms with E-state index < -0.39 is 26.7 Å². The zero-order valence-electron chi connectivity index (χ0n) is 15.4. The second-order valence-corrected chi connectivity index (χ2v) is 12.3. The molecule has 0 radical (unpaired) electrons. The third-order valence-corrected chi connectivity index (χ3v) is 8.90. The van der Waals surface area contributed by atoms with E-state index in [4.69, 9.17) is 13.9 Å². The molecule has 0 aliphatic carbocycles. The van der Waals surface area contributed by atoms with Crippen LogP contribution in [0.15, 0.2) is 11.6 Å². The molecule has 0 saturated heterocycles. The summed E-state index contributed by atoms with van der Waals surface area (Å²) >= 11 is 0. The number of esters is 2. The molecule has 0 fully saturated rings. The number of cyclic esters (lactones) is 1. The van der Waals surface area contributed by atoms with Crippen molar-refractivity contribution in [1.29, 1.82) is 0 Å². The van der Waals surface area contributed by atoms with E-state index >= 15 is 0 Å². The number of hydrogen-bond donors (Lipinski definition) is 0. The van der Waals surface area contributed by atoms with Gasteiger partial charge in [-0.25, -0.2) is 4.79 Å². The Morgan fingerprint density at radius 2 is 2.00 bits per heavy atom. The van der Waals surface area contributed by atoms with Crippen LogP contribution in [0.1, 0.15) is 53.9 Å². The van der Waals surface area contributed by atoms with E-state index in [-0.39, 0.29) is 11.0 Å². The molecule has 0 aromatic heterocycles. The van der Waals surface area contributed by atoms with Crippen molar-refractivity contribution < 1.29 is 23.5 Å². The van der Waals surface area contributed by atoms with Gasteiger partial charge in [-0.05, 0) is 31.0 Å². The molecule has 0 bridgehead atoms. The minimum Gasteiger partial charge on any atom is -0.458 e. The fourth-order valence-corrected chi connectivity index (χ4v) is 3.15. The summed E-state index contributed by atoms with van der Waals surface area (Å²) in [7, 11) is -2.12. The Kier molecular flexibility index (Phi) is 6.59. The molecule has 1 aliphatic heterocycles.